The second-order valence-electron chi connectivity index (χ2n) is 4.47. The molecule has 2 amide bonds. The van der Waals surface area contributed by atoms with Crippen molar-refractivity contribution in [2.45, 2.75) is 13.0 Å². The smallest absolute Gasteiger partial charge is 0.319 e. The van der Waals surface area contributed by atoms with Crippen LogP contribution in [0.5, 0.6) is 0 Å². The molecule has 3 nitrogen and oxygen atoms in total. The Morgan fingerprint density at radius 2 is 1.90 bits per heavy atom. The molecule has 2 aromatic carbocycles. The Balaban J connectivity index is 2.04. The van der Waals surface area contributed by atoms with Gasteiger partial charge in [-0.1, -0.05) is 41.4 Å². The van der Waals surface area contributed by atoms with Crippen LogP contribution in [0.4, 0.5) is 14.9 Å². The maximum absolute atomic E-state index is 13.4. The molecule has 0 aliphatic heterocycles. The highest BCUT2D eigenvalue weighted by molar-refractivity contribution is 6.35. The van der Waals surface area contributed by atoms with Crippen LogP contribution in [0.3, 0.4) is 0 Å². The summed E-state index contributed by atoms with van der Waals surface area (Å²) in [6, 6.07) is 10.1. The van der Waals surface area contributed by atoms with Crippen LogP contribution in [-0.2, 0) is 0 Å². The zero-order valence-electron chi connectivity index (χ0n) is 11.2. The first-order valence-corrected chi connectivity index (χ1v) is 7.00. The molecule has 0 aliphatic carbocycles. The molecule has 0 saturated heterocycles. The van der Waals surface area contributed by atoms with Crippen LogP contribution in [0.1, 0.15) is 18.5 Å². The molecular weight excluding hydrogens is 314 g/mol. The topological polar surface area (TPSA) is 41.1 Å². The Kier molecular flexibility index (Phi) is 5.04. The predicted octanol–water partition coefficient (Wildman–Crippen LogP) is 5.02. The number of anilines is 1. The fourth-order valence-electron chi connectivity index (χ4n) is 1.85. The van der Waals surface area contributed by atoms with Crippen molar-refractivity contribution in [3.8, 4) is 0 Å². The third-order valence-corrected chi connectivity index (χ3v) is 3.46. The zero-order chi connectivity index (χ0) is 15.4. The third kappa shape index (κ3) is 4.09. The number of hydrogen-bond donors (Lipinski definition) is 2. The molecule has 0 spiro atoms. The first kappa shape index (κ1) is 15.6. The predicted molar refractivity (Wildman–Crippen MR) is 83.4 cm³/mol. The van der Waals surface area contributed by atoms with Gasteiger partial charge in [-0.15, -0.1) is 0 Å². The lowest BCUT2D eigenvalue weighted by atomic mass is 10.1. The maximum Gasteiger partial charge on any atom is 0.319 e. The molecule has 0 heterocycles. The van der Waals surface area contributed by atoms with Crippen molar-refractivity contribution in [3.63, 3.8) is 0 Å². The van der Waals surface area contributed by atoms with Gasteiger partial charge in [0.05, 0.1) is 11.7 Å². The van der Waals surface area contributed by atoms with E-state index in [4.69, 9.17) is 23.2 Å². The molecule has 0 saturated carbocycles. The first-order valence-electron chi connectivity index (χ1n) is 6.24. The lowest BCUT2D eigenvalue weighted by Gasteiger charge is -2.16. The summed E-state index contributed by atoms with van der Waals surface area (Å²) in [6.07, 6.45) is 0. The van der Waals surface area contributed by atoms with E-state index in [0.717, 1.165) is 5.56 Å². The number of para-hydroxylation sites is 1. The molecule has 21 heavy (non-hydrogen) atoms. The van der Waals surface area contributed by atoms with E-state index in [9.17, 15) is 9.18 Å². The Morgan fingerprint density at radius 1 is 1.19 bits per heavy atom. The minimum Gasteiger partial charge on any atom is -0.331 e. The third-order valence-electron chi connectivity index (χ3n) is 2.90. The van der Waals surface area contributed by atoms with Gasteiger partial charge in [-0.25, -0.2) is 9.18 Å². The number of halogens is 3. The number of carbonyl (C=O) groups excluding carboxylic acids is 1. The summed E-state index contributed by atoms with van der Waals surface area (Å²) in [5.74, 6) is -0.496. The molecule has 0 radical (unpaired) electrons. The summed E-state index contributed by atoms with van der Waals surface area (Å²) in [7, 11) is 0. The largest absolute Gasteiger partial charge is 0.331 e. The normalized spacial score (nSPS) is 11.8. The lowest BCUT2D eigenvalue weighted by Crippen LogP contribution is -2.31. The Labute approximate surface area is 132 Å². The van der Waals surface area contributed by atoms with E-state index >= 15 is 0 Å². The number of benzene rings is 2. The van der Waals surface area contributed by atoms with E-state index in [1.807, 2.05) is 0 Å². The van der Waals surface area contributed by atoms with Gasteiger partial charge in [0.1, 0.15) is 5.82 Å². The van der Waals surface area contributed by atoms with Gasteiger partial charge in [0.25, 0.3) is 0 Å². The second-order valence-corrected chi connectivity index (χ2v) is 5.31. The zero-order valence-corrected chi connectivity index (χ0v) is 12.7. The Morgan fingerprint density at radius 3 is 2.57 bits per heavy atom. The summed E-state index contributed by atoms with van der Waals surface area (Å²) in [5.41, 5.74) is 0.842. The maximum atomic E-state index is 13.4. The minimum absolute atomic E-state index is 0.115. The number of amides is 2. The summed E-state index contributed by atoms with van der Waals surface area (Å²) in [4.78, 5) is 11.9. The monoisotopic (exact) mass is 326 g/mol. The highest BCUT2D eigenvalue weighted by atomic mass is 35.5. The van der Waals surface area contributed by atoms with E-state index in [1.165, 1.54) is 12.1 Å². The molecule has 2 N–H and O–H groups in total. The van der Waals surface area contributed by atoms with Crippen molar-refractivity contribution >= 4 is 34.9 Å². The average molecular weight is 327 g/mol. The van der Waals surface area contributed by atoms with Crippen molar-refractivity contribution in [2.75, 3.05) is 5.32 Å². The average Bonchev–Trinajstić information content (AvgIpc) is 2.41. The molecule has 0 aromatic heterocycles. The van der Waals surface area contributed by atoms with E-state index in [-0.39, 0.29) is 11.7 Å². The number of urea groups is 1. The molecule has 2 rings (SSSR count). The fourth-order valence-corrected chi connectivity index (χ4v) is 2.42. The van der Waals surface area contributed by atoms with Gasteiger partial charge in [-0.2, -0.15) is 0 Å². The van der Waals surface area contributed by atoms with Gasteiger partial charge in [0, 0.05) is 10.0 Å². The quantitative estimate of drug-likeness (QED) is 0.817. The summed E-state index contributed by atoms with van der Waals surface area (Å²) in [5, 5.41) is 6.12. The van der Waals surface area contributed by atoms with Crippen LogP contribution >= 0.6 is 23.2 Å². The van der Waals surface area contributed by atoms with Gasteiger partial charge in [-0.05, 0) is 36.8 Å². The molecule has 110 valence electrons. The molecular formula is C15H13Cl2FN2O. The molecule has 0 unspecified atom stereocenters. The summed E-state index contributed by atoms with van der Waals surface area (Å²) >= 11 is 11.9. The van der Waals surface area contributed by atoms with Crippen molar-refractivity contribution in [1.82, 2.24) is 5.32 Å². The van der Waals surface area contributed by atoms with E-state index in [0.29, 0.717) is 10.0 Å². The molecule has 0 aliphatic rings. The van der Waals surface area contributed by atoms with E-state index in [1.54, 1.807) is 37.3 Å². The number of hydrogen-bond acceptors (Lipinski definition) is 1. The molecule has 0 bridgehead atoms. The Hall–Kier alpha value is -1.78. The van der Waals surface area contributed by atoms with Gasteiger partial charge in [-0.3, -0.25) is 0 Å². The van der Waals surface area contributed by atoms with Crippen LogP contribution in [0.25, 0.3) is 0 Å². The van der Waals surface area contributed by atoms with Gasteiger partial charge in [0.2, 0.25) is 0 Å². The van der Waals surface area contributed by atoms with Gasteiger partial charge >= 0.3 is 6.03 Å². The van der Waals surface area contributed by atoms with E-state index in [2.05, 4.69) is 10.6 Å². The van der Waals surface area contributed by atoms with Crippen LogP contribution in [0, 0.1) is 5.82 Å². The van der Waals surface area contributed by atoms with E-state index < -0.39 is 11.8 Å². The second kappa shape index (κ2) is 6.78. The van der Waals surface area contributed by atoms with Crippen molar-refractivity contribution < 1.29 is 9.18 Å². The van der Waals surface area contributed by atoms with Crippen LogP contribution < -0.4 is 10.6 Å². The van der Waals surface area contributed by atoms with Crippen LogP contribution in [-0.4, -0.2) is 6.03 Å². The number of carbonyl (C=O) groups is 1. The van der Waals surface area contributed by atoms with Crippen molar-refractivity contribution in [1.29, 1.82) is 0 Å². The SMILES string of the molecule is C[C@@H](NC(=O)Nc1ccccc1F)c1ccc(Cl)cc1Cl. The minimum atomic E-state index is -0.515. The molecule has 6 heteroatoms. The number of nitrogens with one attached hydrogen (secondary N) is 2. The summed E-state index contributed by atoms with van der Waals surface area (Å²) < 4.78 is 13.4. The lowest BCUT2D eigenvalue weighted by molar-refractivity contribution is 0.249. The van der Waals surface area contributed by atoms with Crippen LogP contribution in [0.15, 0.2) is 42.5 Å². The Bertz CT molecular complexity index is 664. The van der Waals surface area contributed by atoms with Gasteiger partial charge in [0.15, 0.2) is 0 Å². The molecule has 1 atom stereocenters. The highest BCUT2D eigenvalue weighted by Gasteiger charge is 2.13. The van der Waals surface area contributed by atoms with Crippen molar-refractivity contribution in [3.05, 3.63) is 63.9 Å². The highest BCUT2D eigenvalue weighted by Crippen LogP contribution is 2.26. The molecule has 2 aromatic rings. The first-order chi connectivity index (χ1) is 9.97. The van der Waals surface area contributed by atoms with Crippen molar-refractivity contribution in [2.24, 2.45) is 0 Å². The standard InChI is InChI=1S/C15H13Cl2FN2O/c1-9(11-7-6-10(16)8-12(11)17)19-15(21)20-14-5-3-2-4-13(14)18/h2-9H,1H3,(H2,19,20,21)/t9-/m1/s1. The fraction of sp³-hybridized carbons (Fsp3) is 0.133. The summed E-state index contributed by atoms with van der Waals surface area (Å²) in [6.45, 7) is 1.77. The van der Waals surface area contributed by atoms with Gasteiger partial charge < -0.3 is 10.6 Å². The van der Waals surface area contributed by atoms with Crippen LogP contribution in [0.2, 0.25) is 10.0 Å². The molecule has 0 fully saturated rings. The number of rotatable bonds is 3.